The highest BCUT2D eigenvalue weighted by Gasteiger charge is 2.51. The lowest BCUT2D eigenvalue weighted by atomic mass is 9.90. The van der Waals surface area contributed by atoms with Crippen LogP contribution in [0.3, 0.4) is 0 Å². The lowest BCUT2D eigenvalue weighted by molar-refractivity contribution is -0.126. The molecule has 2 aliphatic rings. The number of rotatable bonds is 7. The molecule has 1 aliphatic heterocycles. The number of hydrogen-bond acceptors (Lipinski definition) is 5. The van der Waals surface area contributed by atoms with Gasteiger partial charge < -0.3 is 11.1 Å². The molecule has 0 bridgehead atoms. The van der Waals surface area contributed by atoms with Gasteiger partial charge in [0, 0.05) is 19.1 Å². The first kappa shape index (κ1) is 16.7. The molecule has 2 atom stereocenters. The van der Waals surface area contributed by atoms with E-state index in [0.717, 1.165) is 25.8 Å². The number of primary amides is 1. The number of nitrogens with two attached hydrogens (primary N) is 1. The Bertz CT molecular complexity index is 490. The molecule has 2 rings (SSSR count). The highest BCUT2D eigenvalue weighted by atomic mass is 32.2. The summed E-state index contributed by atoms with van der Waals surface area (Å²) in [5.74, 6) is 0.316. The van der Waals surface area contributed by atoms with Gasteiger partial charge in [0.1, 0.15) is 5.54 Å². The summed E-state index contributed by atoms with van der Waals surface area (Å²) in [6.45, 7) is 5.72. The predicted octanol–water partition coefficient (Wildman–Crippen LogP) is -0.261. The molecule has 1 saturated carbocycles. The van der Waals surface area contributed by atoms with Crippen molar-refractivity contribution in [3.05, 3.63) is 0 Å². The van der Waals surface area contributed by atoms with Crippen LogP contribution in [0.5, 0.6) is 0 Å². The van der Waals surface area contributed by atoms with E-state index in [4.69, 9.17) is 5.73 Å². The number of amides is 1. The predicted molar refractivity (Wildman–Crippen MR) is 82.6 cm³/mol. The molecule has 6 nitrogen and oxygen atoms in total. The van der Waals surface area contributed by atoms with Gasteiger partial charge in [-0.3, -0.25) is 9.69 Å². The van der Waals surface area contributed by atoms with E-state index in [1.165, 1.54) is 0 Å². The van der Waals surface area contributed by atoms with E-state index < -0.39 is 15.4 Å². The normalized spacial score (nSPS) is 29.0. The van der Waals surface area contributed by atoms with Crippen LogP contribution in [-0.4, -0.2) is 61.9 Å². The van der Waals surface area contributed by atoms with E-state index >= 15 is 0 Å². The van der Waals surface area contributed by atoms with Crippen LogP contribution in [0.15, 0.2) is 0 Å². The fraction of sp³-hybridized carbons (Fsp3) is 0.929. The summed E-state index contributed by atoms with van der Waals surface area (Å²) in [6.07, 6.45) is 2.96. The molecule has 0 aromatic rings. The lowest BCUT2D eigenvalue weighted by Gasteiger charge is -2.41. The molecular weight excluding hydrogens is 290 g/mol. The second-order valence-corrected chi connectivity index (χ2v) is 8.70. The molecule has 122 valence electrons. The maximum atomic E-state index is 12.1. The van der Waals surface area contributed by atoms with Crippen LogP contribution >= 0.6 is 0 Å². The fourth-order valence-electron chi connectivity index (χ4n) is 3.21. The van der Waals surface area contributed by atoms with Crippen molar-refractivity contribution >= 4 is 15.7 Å². The molecular formula is C14H27N3O3S. The zero-order valence-corrected chi connectivity index (χ0v) is 13.8. The summed E-state index contributed by atoms with van der Waals surface area (Å²) in [5, 5.41) is 3.37. The van der Waals surface area contributed by atoms with Crippen LogP contribution < -0.4 is 11.1 Å². The summed E-state index contributed by atoms with van der Waals surface area (Å²) >= 11 is 0. The molecule has 2 fully saturated rings. The van der Waals surface area contributed by atoms with Crippen molar-refractivity contribution in [2.24, 2.45) is 11.7 Å². The zero-order chi connectivity index (χ0) is 15.7. The first-order valence-corrected chi connectivity index (χ1v) is 9.62. The van der Waals surface area contributed by atoms with Crippen molar-refractivity contribution in [3.63, 3.8) is 0 Å². The molecule has 1 amide bonds. The zero-order valence-electron chi connectivity index (χ0n) is 13.0. The van der Waals surface area contributed by atoms with Crippen molar-refractivity contribution < 1.29 is 13.2 Å². The molecule has 21 heavy (non-hydrogen) atoms. The number of nitrogens with zero attached hydrogens (tertiary/aromatic N) is 1. The number of carbonyl (C=O) groups is 1. The first-order chi connectivity index (χ1) is 9.81. The summed E-state index contributed by atoms with van der Waals surface area (Å²) in [4.78, 5) is 14.2. The molecule has 2 unspecified atom stereocenters. The Labute approximate surface area is 127 Å². The highest BCUT2D eigenvalue weighted by molar-refractivity contribution is 7.91. The fourth-order valence-corrected chi connectivity index (χ4v) is 4.83. The Hall–Kier alpha value is -0.660. The van der Waals surface area contributed by atoms with E-state index in [9.17, 15) is 13.2 Å². The Balaban J connectivity index is 2.13. The van der Waals surface area contributed by atoms with Gasteiger partial charge in [0.15, 0.2) is 9.84 Å². The Morgan fingerprint density at radius 2 is 2.10 bits per heavy atom. The Morgan fingerprint density at radius 3 is 2.57 bits per heavy atom. The molecule has 0 aromatic carbocycles. The average molecular weight is 317 g/mol. The molecule has 3 N–H and O–H groups in total. The standard InChI is InChI=1S/C14H27N3O3S/c1-3-6-16-14(13(15)18,12-4-5-12)10-17-7-8-21(19,20)9-11(17)2/h11-12,16H,3-10H2,1-2H3,(H2,15,18). The molecule has 0 spiro atoms. The van der Waals surface area contributed by atoms with E-state index in [0.29, 0.717) is 13.1 Å². The summed E-state index contributed by atoms with van der Waals surface area (Å²) < 4.78 is 23.4. The second-order valence-electron chi connectivity index (χ2n) is 6.47. The van der Waals surface area contributed by atoms with E-state index in [-0.39, 0.29) is 29.4 Å². The lowest BCUT2D eigenvalue weighted by Crippen LogP contribution is -2.65. The minimum absolute atomic E-state index is 0.0651. The third-order valence-corrected chi connectivity index (χ3v) is 6.46. The van der Waals surface area contributed by atoms with Crippen LogP contribution in [-0.2, 0) is 14.6 Å². The van der Waals surface area contributed by atoms with Crippen LogP contribution in [0.25, 0.3) is 0 Å². The molecule has 0 radical (unpaired) electrons. The van der Waals surface area contributed by atoms with Crippen molar-refractivity contribution in [2.75, 3.05) is 31.1 Å². The number of carbonyl (C=O) groups excluding carboxylic acids is 1. The van der Waals surface area contributed by atoms with Gasteiger partial charge in [-0.1, -0.05) is 6.92 Å². The van der Waals surface area contributed by atoms with E-state index in [2.05, 4.69) is 17.1 Å². The van der Waals surface area contributed by atoms with Gasteiger partial charge in [-0.05, 0) is 38.6 Å². The maximum absolute atomic E-state index is 12.1. The third kappa shape index (κ3) is 3.76. The highest BCUT2D eigenvalue weighted by Crippen LogP contribution is 2.40. The van der Waals surface area contributed by atoms with Gasteiger partial charge in [0.2, 0.25) is 5.91 Å². The van der Waals surface area contributed by atoms with Crippen LogP contribution in [0.2, 0.25) is 0 Å². The summed E-state index contributed by atoms with van der Waals surface area (Å²) in [6, 6.07) is -0.0651. The van der Waals surface area contributed by atoms with Crippen LogP contribution in [0, 0.1) is 5.92 Å². The molecule has 1 saturated heterocycles. The van der Waals surface area contributed by atoms with Crippen molar-refractivity contribution in [3.8, 4) is 0 Å². The van der Waals surface area contributed by atoms with Gasteiger partial charge in [0.05, 0.1) is 11.5 Å². The first-order valence-electron chi connectivity index (χ1n) is 7.80. The van der Waals surface area contributed by atoms with Crippen molar-refractivity contribution in [1.82, 2.24) is 10.2 Å². The van der Waals surface area contributed by atoms with Gasteiger partial charge in [-0.15, -0.1) is 0 Å². The Morgan fingerprint density at radius 1 is 1.43 bits per heavy atom. The number of hydrogen-bond donors (Lipinski definition) is 2. The van der Waals surface area contributed by atoms with Gasteiger partial charge in [-0.2, -0.15) is 0 Å². The van der Waals surface area contributed by atoms with E-state index in [1.54, 1.807) is 0 Å². The van der Waals surface area contributed by atoms with Crippen LogP contribution in [0.1, 0.15) is 33.1 Å². The molecule has 1 aliphatic carbocycles. The minimum Gasteiger partial charge on any atom is -0.368 e. The number of sulfone groups is 1. The SMILES string of the molecule is CCCNC(CN1CCS(=O)(=O)CC1C)(C(N)=O)C1CC1. The second kappa shape index (κ2) is 6.22. The van der Waals surface area contributed by atoms with E-state index in [1.807, 2.05) is 6.92 Å². The largest absolute Gasteiger partial charge is 0.368 e. The maximum Gasteiger partial charge on any atom is 0.239 e. The monoisotopic (exact) mass is 317 g/mol. The average Bonchev–Trinajstić information content (AvgIpc) is 3.20. The van der Waals surface area contributed by atoms with Crippen LogP contribution in [0.4, 0.5) is 0 Å². The Kier molecular flexibility index (Phi) is 4.95. The molecule has 0 aromatic heterocycles. The molecule has 7 heteroatoms. The minimum atomic E-state index is -2.94. The molecule has 1 heterocycles. The van der Waals surface area contributed by atoms with Gasteiger partial charge in [0.25, 0.3) is 0 Å². The summed E-state index contributed by atoms with van der Waals surface area (Å²) in [7, 11) is -2.94. The third-order valence-electron chi connectivity index (χ3n) is 4.66. The van der Waals surface area contributed by atoms with Crippen molar-refractivity contribution in [2.45, 2.75) is 44.7 Å². The smallest absolute Gasteiger partial charge is 0.239 e. The van der Waals surface area contributed by atoms with Crippen molar-refractivity contribution in [1.29, 1.82) is 0 Å². The van der Waals surface area contributed by atoms with Gasteiger partial charge in [-0.25, -0.2) is 8.42 Å². The topological polar surface area (TPSA) is 92.5 Å². The summed E-state index contributed by atoms with van der Waals surface area (Å²) in [5.41, 5.74) is 5.02. The van der Waals surface area contributed by atoms with Gasteiger partial charge >= 0.3 is 0 Å². The number of nitrogens with one attached hydrogen (secondary N) is 1. The quantitative estimate of drug-likeness (QED) is 0.675.